The summed E-state index contributed by atoms with van der Waals surface area (Å²) in [7, 11) is 0. The number of benzene rings is 2. The van der Waals surface area contributed by atoms with Crippen LogP contribution in [0.2, 0.25) is 0 Å². The zero-order valence-corrected chi connectivity index (χ0v) is 23.1. The van der Waals surface area contributed by atoms with Crippen LogP contribution >= 0.6 is 0 Å². The second-order valence-corrected chi connectivity index (χ2v) is 11.0. The van der Waals surface area contributed by atoms with Gasteiger partial charge in [0.15, 0.2) is 0 Å². The number of aromatic nitrogens is 2. The molecule has 0 saturated carbocycles. The number of carbonyl (C=O) groups is 1. The van der Waals surface area contributed by atoms with Gasteiger partial charge in [0, 0.05) is 63.1 Å². The molecule has 0 aliphatic carbocycles. The van der Waals surface area contributed by atoms with Gasteiger partial charge in [-0.2, -0.15) is 0 Å². The van der Waals surface area contributed by atoms with Crippen LogP contribution in [0.25, 0.3) is 11.3 Å². The third-order valence-corrected chi connectivity index (χ3v) is 7.95. The van der Waals surface area contributed by atoms with Crippen molar-refractivity contribution in [2.24, 2.45) is 11.8 Å². The Balaban J connectivity index is 1.67. The number of hydrogen-bond acceptors (Lipinski definition) is 6. The van der Waals surface area contributed by atoms with E-state index < -0.39 is 47.6 Å². The zero-order chi connectivity index (χ0) is 30.0. The van der Waals surface area contributed by atoms with E-state index in [2.05, 4.69) is 5.32 Å². The number of nitrogens with zero attached hydrogens (tertiary/aromatic N) is 3. The normalized spacial score (nSPS) is 20.9. The molecule has 4 atom stereocenters. The summed E-state index contributed by atoms with van der Waals surface area (Å²) in [6.07, 6.45) is -0.0807. The van der Waals surface area contributed by atoms with E-state index in [9.17, 15) is 32.6 Å². The Morgan fingerprint density at radius 1 is 1.14 bits per heavy atom. The van der Waals surface area contributed by atoms with Crippen LogP contribution in [0.3, 0.4) is 0 Å². The van der Waals surface area contributed by atoms with Gasteiger partial charge in [-0.25, -0.2) is 22.5 Å². The lowest BCUT2D eigenvalue weighted by Crippen LogP contribution is -2.48. The molecule has 226 valence electrons. The number of ether oxygens (including phenoxy) is 1. The molecule has 1 aromatic heterocycles. The highest BCUT2D eigenvalue weighted by atomic mass is 19.1. The number of halogens is 4. The fourth-order valence-electron chi connectivity index (χ4n) is 5.89. The van der Waals surface area contributed by atoms with Gasteiger partial charge in [-0.15, -0.1) is 0 Å². The fourth-order valence-corrected chi connectivity index (χ4v) is 5.89. The van der Waals surface area contributed by atoms with Crippen LogP contribution in [0.1, 0.15) is 37.2 Å². The van der Waals surface area contributed by atoms with E-state index in [0.717, 1.165) is 24.3 Å². The van der Waals surface area contributed by atoms with Crippen LogP contribution in [0.5, 0.6) is 5.75 Å². The molecule has 0 spiro atoms. The van der Waals surface area contributed by atoms with Crippen molar-refractivity contribution >= 4 is 5.91 Å². The monoisotopic (exact) mass is 590 g/mol. The van der Waals surface area contributed by atoms with Gasteiger partial charge in [0.05, 0.1) is 11.7 Å². The molecule has 2 aliphatic heterocycles. The number of nitrogens with one attached hydrogen (secondary N) is 1. The first-order valence-electron chi connectivity index (χ1n) is 14.0. The minimum Gasteiger partial charge on any atom is -0.508 e. The van der Waals surface area contributed by atoms with Crippen LogP contribution in [0.4, 0.5) is 17.6 Å². The Bertz CT molecular complexity index is 1390. The van der Waals surface area contributed by atoms with Crippen molar-refractivity contribution in [2.45, 2.75) is 44.6 Å². The van der Waals surface area contributed by atoms with E-state index in [1.165, 1.54) is 30.2 Å². The molecule has 0 bridgehead atoms. The van der Waals surface area contributed by atoms with Crippen LogP contribution in [0, 0.1) is 29.3 Å². The highest BCUT2D eigenvalue weighted by molar-refractivity contribution is 5.80. The molecular formula is C30H34F4N4O4. The van der Waals surface area contributed by atoms with Crippen LogP contribution in [0.15, 0.2) is 42.6 Å². The molecule has 42 heavy (non-hydrogen) atoms. The highest BCUT2D eigenvalue weighted by Gasteiger charge is 2.41. The number of aromatic hydroxyl groups is 1. The van der Waals surface area contributed by atoms with Crippen LogP contribution in [-0.2, 0) is 16.1 Å². The fraction of sp³-hybridized carbons (Fsp3) is 0.467. The molecule has 1 unspecified atom stereocenters. The van der Waals surface area contributed by atoms with E-state index in [-0.39, 0.29) is 48.4 Å². The summed E-state index contributed by atoms with van der Waals surface area (Å²) in [5.41, 5.74) is 0.329. The van der Waals surface area contributed by atoms with Crippen molar-refractivity contribution in [2.75, 3.05) is 32.8 Å². The van der Waals surface area contributed by atoms with E-state index in [4.69, 9.17) is 9.72 Å². The Morgan fingerprint density at radius 3 is 2.57 bits per heavy atom. The maximum Gasteiger partial charge on any atom is 0.251 e. The summed E-state index contributed by atoms with van der Waals surface area (Å²) in [5.74, 6) is -3.48. The summed E-state index contributed by atoms with van der Waals surface area (Å²) in [4.78, 5) is 19.8. The minimum atomic E-state index is -1.40. The van der Waals surface area contributed by atoms with Gasteiger partial charge in [0.2, 0.25) is 0 Å². The summed E-state index contributed by atoms with van der Waals surface area (Å²) in [5, 5.41) is 23.4. The standard InChI is InChI=1S/C30H34F4N4O4/c1-17(39)30(41)38(15-20-12-35-13-26(20)34)28(19-4-6-42-7-5-19)29-36-27(24-11-21(31)2-3-25(24)33)16-37(29)14-18-8-22(32)10-23(40)9-18/h2-3,8-11,16-17,19-20,26,28,35,39-40H,4-7,12-15H2,1H3/t17-,20-,26-,28?/m0/s1. The molecule has 2 saturated heterocycles. The summed E-state index contributed by atoms with van der Waals surface area (Å²) in [6.45, 7) is 2.57. The number of phenols is 1. The minimum absolute atomic E-state index is 0.0167. The molecule has 5 rings (SSSR count). The first-order valence-corrected chi connectivity index (χ1v) is 14.0. The topological polar surface area (TPSA) is 99.9 Å². The van der Waals surface area contributed by atoms with Gasteiger partial charge < -0.3 is 29.7 Å². The van der Waals surface area contributed by atoms with Gasteiger partial charge in [-0.05, 0) is 61.6 Å². The molecule has 2 fully saturated rings. The Hall–Kier alpha value is -3.48. The number of aliphatic hydroxyl groups is 1. The molecular weight excluding hydrogens is 556 g/mol. The van der Waals surface area contributed by atoms with Gasteiger partial charge in [-0.3, -0.25) is 4.79 Å². The number of imidazole rings is 1. The third-order valence-electron chi connectivity index (χ3n) is 7.95. The molecule has 0 radical (unpaired) electrons. The molecule has 2 aliphatic rings. The predicted octanol–water partition coefficient (Wildman–Crippen LogP) is 3.96. The molecule has 8 nitrogen and oxygen atoms in total. The average Bonchev–Trinajstić information content (AvgIpc) is 3.54. The highest BCUT2D eigenvalue weighted by Crippen LogP contribution is 2.38. The largest absolute Gasteiger partial charge is 0.508 e. The molecule has 2 aromatic carbocycles. The van der Waals surface area contributed by atoms with E-state index in [1.807, 2.05) is 0 Å². The number of hydrogen-bond donors (Lipinski definition) is 3. The smallest absolute Gasteiger partial charge is 0.251 e. The van der Waals surface area contributed by atoms with Crippen molar-refractivity contribution in [3.63, 3.8) is 0 Å². The number of rotatable bonds is 9. The lowest BCUT2D eigenvalue weighted by Gasteiger charge is -2.40. The average molecular weight is 591 g/mol. The molecule has 3 N–H and O–H groups in total. The van der Waals surface area contributed by atoms with Crippen LogP contribution < -0.4 is 5.32 Å². The van der Waals surface area contributed by atoms with Crippen LogP contribution in [-0.4, -0.2) is 75.7 Å². The number of alkyl halides is 1. The van der Waals surface area contributed by atoms with Crippen molar-refractivity contribution in [1.82, 2.24) is 19.8 Å². The predicted molar refractivity (Wildman–Crippen MR) is 146 cm³/mol. The first kappa shape index (κ1) is 30.0. The van der Waals surface area contributed by atoms with E-state index >= 15 is 0 Å². The molecule has 3 heterocycles. The van der Waals surface area contributed by atoms with Gasteiger partial charge >= 0.3 is 0 Å². The Kier molecular flexibility index (Phi) is 9.14. The lowest BCUT2D eigenvalue weighted by molar-refractivity contribution is -0.145. The van der Waals surface area contributed by atoms with E-state index in [0.29, 0.717) is 38.2 Å². The maximum atomic E-state index is 14.9. The van der Waals surface area contributed by atoms with Crippen molar-refractivity contribution in [3.05, 3.63) is 71.4 Å². The SMILES string of the molecule is C[C@H](O)C(=O)N(C[C@@H]1CNC[C@@H]1F)C(c1nc(-c2cc(F)ccc2F)cn1Cc1cc(O)cc(F)c1)C1CCOCC1. The summed E-state index contributed by atoms with van der Waals surface area (Å²) < 4.78 is 65.4. The Labute approximate surface area is 240 Å². The third kappa shape index (κ3) is 6.61. The second kappa shape index (κ2) is 12.8. The van der Waals surface area contributed by atoms with Crippen molar-refractivity contribution < 1.29 is 37.3 Å². The Morgan fingerprint density at radius 2 is 1.90 bits per heavy atom. The summed E-state index contributed by atoms with van der Waals surface area (Å²) >= 11 is 0. The van der Waals surface area contributed by atoms with E-state index in [1.54, 1.807) is 4.57 Å². The van der Waals surface area contributed by atoms with Gasteiger partial charge in [-0.1, -0.05) is 0 Å². The number of amides is 1. The van der Waals surface area contributed by atoms with Gasteiger partial charge in [0.1, 0.15) is 41.3 Å². The number of carbonyl (C=O) groups excluding carboxylic acids is 1. The summed E-state index contributed by atoms with van der Waals surface area (Å²) in [6, 6.07) is 5.74. The van der Waals surface area contributed by atoms with Gasteiger partial charge in [0.25, 0.3) is 5.91 Å². The number of phenolic OH excluding ortho intramolecular Hbond substituents is 1. The zero-order valence-electron chi connectivity index (χ0n) is 23.1. The maximum absolute atomic E-state index is 14.9. The van der Waals surface area contributed by atoms with Crippen molar-refractivity contribution in [1.29, 1.82) is 0 Å². The number of aliphatic hydroxyl groups excluding tert-OH is 1. The van der Waals surface area contributed by atoms with Crippen molar-refractivity contribution in [3.8, 4) is 17.0 Å². The lowest BCUT2D eigenvalue weighted by atomic mass is 9.88. The molecule has 12 heteroatoms. The molecule has 3 aromatic rings. The first-order chi connectivity index (χ1) is 20.1. The quantitative estimate of drug-likeness (QED) is 0.327. The molecule has 1 amide bonds. The second-order valence-electron chi connectivity index (χ2n) is 11.0.